The van der Waals surface area contributed by atoms with Crippen LogP contribution in [-0.4, -0.2) is 69.3 Å². The Balaban J connectivity index is 1.71. The van der Waals surface area contributed by atoms with Gasteiger partial charge in [0.15, 0.2) is 5.79 Å². The second-order valence-corrected chi connectivity index (χ2v) is 6.27. The zero-order valence-corrected chi connectivity index (χ0v) is 12.8. The van der Waals surface area contributed by atoms with E-state index in [0.717, 1.165) is 51.7 Å². The molecule has 0 aromatic carbocycles. The van der Waals surface area contributed by atoms with Crippen molar-refractivity contribution in [2.24, 2.45) is 0 Å². The van der Waals surface area contributed by atoms with Crippen LogP contribution in [0.25, 0.3) is 0 Å². The van der Waals surface area contributed by atoms with Crippen LogP contribution in [0.5, 0.6) is 0 Å². The largest absolute Gasteiger partial charge is 0.383 e. The monoisotopic (exact) mass is 284 g/mol. The van der Waals surface area contributed by atoms with E-state index in [4.69, 9.17) is 14.2 Å². The molecule has 0 bridgehead atoms. The fraction of sp³-hybridized carbons (Fsp3) is 1.00. The Labute approximate surface area is 121 Å². The van der Waals surface area contributed by atoms with E-state index in [-0.39, 0.29) is 5.79 Å². The molecule has 2 atom stereocenters. The van der Waals surface area contributed by atoms with E-state index in [2.05, 4.69) is 17.3 Å². The molecule has 1 N–H and O–H groups in total. The average Bonchev–Trinajstić information content (AvgIpc) is 3.21. The predicted molar refractivity (Wildman–Crippen MR) is 76.7 cm³/mol. The van der Waals surface area contributed by atoms with Gasteiger partial charge in [0.25, 0.3) is 0 Å². The normalized spacial score (nSPS) is 33.1. The molecule has 3 rings (SSSR count). The van der Waals surface area contributed by atoms with Gasteiger partial charge in [-0.1, -0.05) is 0 Å². The van der Waals surface area contributed by atoms with E-state index in [1.807, 2.05) is 0 Å². The lowest BCUT2D eigenvalue weighted by Crippen LogP contribution is -2.58. The van der Waals surface area contributed by atoms with Crippen LogP contribution in [0.2, 0.25) is 0 Å². The fourth-order valence-corrected chi connectivity index (χ4v) is 3.80. The van der Waals surface area contributed by atoms with Gasteiger partial charge in [0, 0.05) is 44.6 Å². The van der Waals surface area contributed by atoms with Crippen LogP contribution in [-0.2, 0) is 14.2 Å². The lowest BCUT2D eigenvalue weighted by atomic mass is 9.84. The number of nitrogens with zero attached hydrogens (tertiary/aromatic N) is 1. The van der Waals surface area contributed by atoms with Gasteiger partial charge in [-0.2, -0.15) is 0 Å². The Bertz CT molecular complexity index is 316. The summed E-state index contributed by atoms with van der Waals surface area (Å²) >= 11 is 0. The molecule has 116 valence electrons. The van der Waals surface area contributed by atoms with Gasteiger partial charge in [0.05, 0.1) is 19.8 Å². The van der Waals surface area contributed by atoms with Crippen molar-refractivity contribution in [1.82, 2.24) is 10.2 Å². The van der Waals surface area contributed by atoms with Gasteiger partial charge in [-0.05, 0) is 26.3 Å². The Morgan fingerprint density at radius 2 is 2.00 bits per heavy atom. The third-order valence-corrected chi connectivity index (χ3v) is 5.00. The summed E-state index contributed by atoms with van der Waals surface area (Å²) in [6, 6.07) is 1.77. The van der Waals surface area contributed by atoms with Gasteiger partial charge in [-0.25, -0.2) is 0 Å². The van der Waals surface area contributed by atoms with Crippen molar-refractivity contribution in [3.63, 3.8) is 0 Å². The standard InChI is InChI=1S/C15H28N2O3/c1-16-13-5-6-15(19-9-10-20-15)11-14(13)17(7-8-18-2)12-3-4-12/h12-14,16H,3-11H2,1-2H3. The molecule has 1 saturated heterocycles. The smallest absolute Gasteiger partial charge is 0.170 e. The van der Waals surface area contributed by atoms with Gasteiger partial charge in [0.2, 0.25) is 0 Å². The summed E-state index contributed by atoms with van der Waals surface area (Å²) in [5, 5.41) is 3.51. The van der Waals surface area contributed by atoms with Crippen LogP contribution >= 0.6 is 0 Å². The van der Waals surface area contributed by atoms with E-state index in [0.29, 0.717) is 12.1 Å². The SMILES string of the molecule is CNC1CCC2(CC1N(CCOC)C1CC1)OCCO2. The third-order valence-electron chi connectivity index (χ3n) is 5.00. The quantitative estimate of drug-likeness (QED) is 0.787. The summed E-state index contributed by atoms with van der Waals surface area (Å²) in [6.07, 6.45) is 5.77. The molecule has 1 spiro atoms. The second kappa shape index (κ2) is 6.28. The van der Waals surface area contributed by atoms with Crippen molar-refractivity contribution in [1.29, 1.82) is 0 Å². The summed E-state index contributed by atoms with van der Waals surface area (Å²) in [7, 11) is 3.86. The first kappa shape index (κ1) is 14.7. The molecular weight excluding hydrogens is 256 g/mol. The molecule has 20 heavy (non-hydrogen) atoms. The lowest BCUT2D eigenvalue weighted by Gasteiger charge is -2.46. The molecule has 2 aliphatic carbocycles. The number of hydrogen-bond donors (Lipinski definition) is 1. The Kier molecular flexibility index (Phi) is 4.62. The molecule has 0 radical (unpaired) electrons. The topological polar surface area (TPSA) is 43.0 Å². The number of hydrogen-bond acceptors (Lipinski definition) is 5. The lowest BCUT2D eigenvalue weighted by molar-refractivity contribution is -0.194. The zero-order valence-electron chi connectivity index (χ0n) is 12.8. The molecule has 3 aliphatic rings. The van der Waals surface area contributed by atoms with Gasteiger partial charge in [-0.15, -0.1) is 0 Å². The highest BCUT2D eigenvalue weighted by molar-refractivity contribution is 5.00. The summed E-state index contributed by atoms with van der Waals surface area (Å²) in [4.78, 5) is 2.64. The number of methoxy groups -OCH3 is 1. The minimum atomic E-state index is -0.307. The van der Waals surface area contributed by atoms with Gasteiger partial charge in [-0.3, -0.25) is 4.90 Å². The predicted octanol–water partition coefficient (Wildman–Crippen LogP) is 0.981. The maximum atomic E-state index is 5.95. The van der Waals surface area contributed by atoms with Crippen LogP contribution in [0.4, 0.5) is 0 Å². The van der Waals surface area contributed by atoms with Crippen LogP contribution in [0, 0.1) is 0 Å². The number of ether oxygens (including phenoxy) is 3. The van der Waals surface area contributed by atoms with Crippen molar-refractivity contribution in [2.75, 3.05) is 40.5 Å². The molecule has 0 aromatic heterocycles. The Hall–Kier alpha value is -0.200. The molecule has 1 aliphatic heterocycles. The first-order valence-corrected chi connectivity index (χ1v) is 7.98. The average molecular weight is 284 g/mol. The highest BCUT2D eigenvalue weighted by Crippen LogP contribution is 2.40. The molecule has 3 fully saturated rings. The van der Waals surface area contributed by atoms with Crippen molar-refractivity contribution in [3.05, 3.63) is 0 Å². The third kappa shape index (κ3) is 3.02. The summed E-state index contributed by atoms with van der Waals surface area (Å²) in [5.41, 5.74) is 0. The van der Waals surface area contributed by atoms with Crippen LogP contribution in [0.15, 0.2) is 0 Å². The molecule has 5 heteroatoms. The Morgan fingerprint density at radius 3 is 2.60 bits per heavy atom. The maximum absolute atomic E-state index is 5.95. The van der Waals surface area contributed by atoms with Gasteiger partial charge < -0.3 is 19.5 Å². The highest BCUT2D eigenvalue weighted by Gasteiger charge is 2.48. The Morgan fingerprint density at radius 1 is 1.25 bits per heavy atom. The second-order valence-electron chi connectivity index (χ2n) is 6.27. The highest BCUT2D eigenvalue weighted by atomic mass is 16.7. The van der Waals surface area contributed by atoms with Crippen molar-refractivity contribution in [3.8, 4) is 0 Å². The first-order valence-electron chi connectivity index (χ1n) is 7.98. The first-order chi connectivity index (χ1) is 9.78. The van der Waals surface area contributed by atoms with E-state index >= 15 is 0 Å². The minimum Gasteiger partial charge on any atom is -0.383 e. The van der Waals surface area contributed by atoms with Crippen LogP contribution in [0.3, 0.4) is 0 Å². The van der Waals surface area contributed by atoms with Gasteiger partial charge in [0.1, 0.15) is 0 Å². The maximum Gasteiger partial charge on any atom is 0.170 e. The van der Waals surface area contributed by atoms with Crippen molar-refractivity contribution >= 4 is 0 Å². The van der Waals surface area contributed by atoms with E-state index in [9.17, 15) is 0 Å². The molecule has 2 unspecified atom stereocenters. The summed E-state index contributed by atoms with van der Waals surface area (Å²) in [6.45, 7) is 3.31. The summed E-state index contributed by atoms with van der Waals surface area (Å²) in [5.74, 6) is -0.307. The van der Waals surface area contributed by atoms with E-state index in [1.165, 1.54) is 12.8 Å². The minimum absolute atomic E-state index is 0.307. The van der Waals surface area contributed by atoms with E-state index < -0.39 is 0 Å². The molecular formula is C15H28N2O3. The number of rotatable bonds is 6. The van der Waals surface area contributed by atoms with Crippen molar-refractivity contribution in [2.45, 2.75) is 56.0 Å². The van der Waals surface area contributed by atoms with Crippen molar-refractivity contribution < 1.29 is 14.2 Å². The van der Waals surface area contributed by atoms with E-state index in [1.54, 1.807) is 7.11 Å². The summed E-state index contributed by atoms with van der Waals surface area (Å²) < 4.78 is 17.2. The number of nitrogens with one attached hydrogen (secondary N) is 1. The zero-order chi connectivity index (χ0) is 14.0. The molecule has 2 saturated carbocycles. The molecule has 0 aromatic rings. The van der Waals surface area contributed by atoms with Gasteiger partial charge >= 0.3 is 0 Å². The van der Waals surface area contributed by atoms with Crippen LogP contribution in [0.1, 0.15) is 32.1 Å². The molecule has 5 nitrogen and oxygen atoms in total. The number of likely N-dealkylation sites (N-methyl/N-ethyl adjacent to an activating group) is 1. The molecule has 0 amide bonds. The fourth-order valence-electron chi connectivity index (χ4n) is 3.80. The molecule has 1 heterocycles. The van der Waals surface area contributed by atoms with Crippen LogP contribution < -0.4 is 5.32 Å².